The highest BCUT2D eigenvalue weighted by Crippen LogP contribution is 1.98. The van der Waals surface area contributed by atoms with Crippen LogP contribution in [0.3, 0.4) is 0 Å². The molecule has 0 aromatic rings. The van der Waals surface area contributed by atoms with Crippen molar-refractivity contribution in [3.63, 3.8) is 0 Å². The molecule has 0 amide bonds. The number of rotatable bonds is 9. The van der Waals surface area contributed by atoms with Gasteiger partial charge in [0.15, 0.2) is 0 Å². The Morgan fingerprint density at radius 1 is 1.05 bits per heavy atom. The summed E-state index contributed by atoms with van der Waals surface area (Å²) in [6, 6.07) is -0.705. The summed E-state index contributed by atoms with van der Waals surface area (Å²) >= 11 is 0. The number of hydrogen-bond acceptors (Lipinski definition) is 7. The van der Waals surface area contributed by atoms with E-state index in [9.17, 15) is 14.4 Å². The van der Waals surface area contributed by atoms with Crippen molar-refractivity contribution in [2.24, 2.45) is 0 Å². The summed E-state index contributed by atoms with van der Waals surface area (Å²) in [6.07, 6.45) is 0.234. The zero-order valence-electron chi connectivity index (χ0n) is 11.6. The summed E-state index contributed by atoms with van der Waals surface area (Å²) in [6.45, 7) is 5.16. The summed E-state index contributed by atoms with van der Waals surface area (Å²) < 4.78 is 14.3. The molecule has 0 bridgehead atoms. The number of hydrogen-bond donors (Lipinski definition) is 1. The normalized spacial score (nSPS) is 11.5. The third kappa shape index (κ3) is 9.01. The van der Waals surface area contributed by atoms with Gasteiger partial charge in [-0.1, -0.05) is 0 Å². The molecule has 110 valence electrons. The minimum atomic E-state index is -0.705. The average molecular weight is 275 g/mol. The van der Waals surface area contributed by atoms with Gasteiger partial charge in [0, 0.05) is 13.3 Å². The van der Waals surface area contributed by atoms with Crippen molar-refractivity contribution in [2.75, 3.05) is 26.4 Å². The molecule has 0 aromatic heterocycles. The molecule has 0 aliphatic carbocycles. The van der Waals surface area contributed by atoms with Crippen molar-refractivity contribution in [1.82, 2.24) is 5.32 Å². The van der Waals surface area contributed by atoms with Crippen LogP contribution >= 0.6 is 0 Å². The van der Waals surface area contributed by atoms with Crippen molar-refractivity contribution in [3.8, 4) is 0 Å². The molecule has 1 unspecified atom stereocenters. The van der Waals surface area contributed by atoms with E-state index in [0.717, 1.165) is 0 Å². The monoisotopic (exact) mass is 275 g/mol. The first-order valence-electron chi connectivity index (χ1n) is 6.20. The smallest absolute Gasteiger partial charge is 0.323 e. The molecular formula is C12H21NO6. The van der Waals surface area contributed by atoms with E-state index in [0.29, 0.717) is 0 Å². The van der Waals surface area contributed by atoms with Crippen LogP contribution in [0.25, 0.3) is 0 Å². The Bertz CT molecular complexity index is 305. The number of nitrogens with one attached hydrogen (secondary N) is 1. The second-order valence-electron chi connectivity index (χ2n) is 3.62. The van der Waals surface area contributed by atoms with Crippen LogP contribution < -0.4 is 5.32 Å². The molecule has 0 aliphatic rings. The highest BCUT2D eigenvalue weighted by Gasteiger charge is 2.20. The van der Waals surface area contributed by atoms with E-state index in [2.05, 4.69) is 5.32 Å². The molecule has 0 saturated heterocycles. The van der Waals surface area contributed by atoms with E-state index in [1.54, 1.807) is 13.8 Å². The van der Waals surface area contributed by atoms with Crippen molar-refractivity contribution in [3.05, 3.63) is 0 Å². The highest BCUT2D eigenvalue weighted by molar-refractivity contribution is 5.77. The maximum Gasteiger partial charge on any atom is 0.323 e. The SMILES string of the molecule is CCOC(=O)CNC(CCOC(C)=O)C(=O)OCC. The Hall–Kier alpha value is -1.63. The lowest BCUT2D eigenvalue weighted by molar-refractivity contribution is -0.149. The topological polar surface area (TPSA) is 90.9 Å². The van der Waals surface area contributed by atoms with Crippen LogP contribution in [0.4, 0.5) is 0 Å². The number of carbonyl (C=O) groups is 3. The molecule has 0 aromatic carbocycles. The second-order valence-corrected chi connectivity index (χ2v) is 3.62. The molecule has 19 heavy (non-hydrogen) atoms. The van der Waals surface area contributed by atoms with Crippen LogP contribution in [0.5, 0.6) is 0 Å². The minimum Gasteiger partial charge on any atom is -0.466 e. The molecule has 1 atom stereocenters. The van der Waals surface area contributed by atoms with Crippen molar-refractivity contribution in [2.45, 2.75) is 33.2 Å². The molecule has 7 heteroatoms. The van der Waals surface area contributed by atoms with E-state index < -0.39 is 23.9 Å². The van der Waals surface area contributed by atoms with Gasteiger partial charge in [-0.25, -0.2) is 0 Å². The summed E-state index contributed by atoms with van der Waals surface area (Å²) in [5.74, 6) is -1.36. The number of ether oxygens (including phenoxy) is 3. The first kappa shape index (κ1) is 17.4. The number of esters is 3. The molecule has 0 saturated carbocycles. The van der Waals surface area contributed by atoms with Gasteiger partial charge in [0.25, 0.3) is 0 Å². The first-order chi connectivity index (χ1) is 9.01. The van der Waals surface area contributed by atoms with Crippen LogP contribution in [0.15, 0.2) is 0 Å². The predicted molar refractivity (Wildman–Crippen MR) is 66.3 cm³/mol. The lowest BCUT2D eigenvalue weighted by Crippen LogP contribution is -2.42. The van der Waals surface area contributed by atoms with E-state index in [1.165, 1.54) is 6.92 Å². The van der Waals surface area contributed by atoms with Crippen LogP contribution in [-0.4, -0.2) is 50.3 Å². The van der Waals surface area contributed by atoms with Gasteiger partial charge in [0.05, 0.1) is 26.4 Å². The predicted octanol–water partition coefficient (Wildman–Crippen LogP) is 0.0240. The Morgan fingerprint density at radius 2 is 1.68 bits per heavy atom. The average Bonchev–Trinajstić information content (AvgIpc) is 2.33. The van der Waals surface area contributed by atoms with E-state index in [-0.39, 0.29) is 32.8 Å². The minimum absolute atomic E-state index is 0.0780. The molecule has 0 spiro atoms. The Labute approximate surface area is 112 Å². The van der Waals surface area contributed by atoms with E-state index in [1.807, 2.05) is 0 Å². The Morgan fingerprint density at radius 3 is 2.21 bits per heavy atom. The summed E-state index contributed by atoms with van der Waals surface area (Å²) in [5.41, 5.74) is 0. The highest BCUT2D eigenvalue weighted by atomic mass is 16.5. The lowest BCUT2D eigenvalue weighted by Gasteiger charge is -2.16. The van der Waals surface area contributed by atoms with Crippen LogP contribution in [0.2, 0.25) is 0 Å². The zero-order valence-corrected chi connectivity index (χ0v) is 11.6. The Balaban J connectivity index is 4.20. The van der Waals surface area contributed by atoms with Crippen LogP contribution in [0.1, 0.15) is 27.2 Å². The maximum absolute atomic E-state index is 11.6. The van der Waals surface area contributed by atoms with E-state index >= 15 is 0 Å². The third-order valence-corrected chi connectivity index (χ3v) is 2.08. The van der Waals surface area contributed by atoms with Gasteiger partial charge in [-0.3, -0.25) is 19.7 Å². The van der Waals surface area contributed by atoms with Crippen LogP contribution in [-0.2, 0) is 28.6 Å². The lowest BCUT2D eigenvalue weighted by atomic mass is 10.2. The summed E-state index contributed by atoms with van der Waals surface area (Å²) in [7, 11) is 0. The molecule has 0 fully saturated rings. The molecule has 0 radical (unpaired) electrons. The van der Waals surface area contributed by atoms with Crippen LogP contribution in [0, 0.1) is 0 Å². The van der Waals surface area contributed by atoms with Gasteiger partial charge in [-0.05, 0) is 13.8 Å². The quantitative estimate of drug-likeness (QED) is 0.468. The van der Waals surface area contributed by atoms with Crippen molar-refractivity contribution < 1.29 is 28.6 Å². The summed E-state index contributed by atoms with van der Waals surface area (Å²) in [5, 5.41) is 2.72. The second kappa shape index (κ2) is 10.3. The first-order valence-corrected chi connectivity index (χ1v) is 6.20. The van der Waals surface area contributed by atoms with Crippen molar-refractivity contribution >= 4 is 17.9 Å². The van der Waals surface area contributed by atoms with Crippen molar-refractivity contribution in [1.29, 1.82) is 0 Å². The molecule has 0 rings (SSSR count). The molecule has 1 N–H and O–H groups in total. The fourth-order valence-electron chi connectivity index (χ4n) is 1.29. The fourth-order valence-corrected chi connectivity index (χ4v) is 1.29. The zero-order chi connectivity index (χ0) is 14.7. The molecule has 0 heterocycles. The van der Waals surface area contributed by atoms with Gasteiger partial charge >= 0.3 is 17.9 Å². The van der Waals surface area contributed by atoms with E-state index in [4.69, 9.17) is 14.2 Å². The summed E-state index contributed by atoms with van der Waals surface area (Å²) in [4.78, 5) is 33.4. The van der Waals surface area contributed by atoms with Gasteiger partial charge < -0.3 is 14.2 Å². The number of carbonyl (C=O) groups excluding carboxylic acids is 3. The standard InChI is InChI=1S/C12H21NO6/c1-4-17-11(15)8-13-10(12(16)18-5-2)6-7-19-9(3)14/h10,13H,4-8H2,1-3H3. The van der Waals surface area contributed by atoms with Gasteiger partial charge in [0.2, 0.25) is 0 Å². The fraction of sp³-hybridized carbons (Fsp3) is 0.750. The van der Waals surface area contributed by atoms with Gasteiger partial charge in [-0.2, -0.15) is 0 Å². The Kier molecular flexibility index (Phi) is 9.42. The molecular weight excluding hydrogens is 254 g/mol. The van der Waals surface area contributed by atoms with Gasteiger partial charge in [-0.15, -0.1) is 0 Å². The third-order valence-electron chi connectivity index (χ3n) is 2.08. The molecule has 0 aliphatic heterocycles. The molecule has 7 nitrogen and oxygen atoms in total. The van der Waals surface area contributed by atoms with Gasteiger partial charge in [0.1, 0.15) is 6.04 Å². The maximum atomic E-state index is 11.6. The largest absolute Gasteiger partial charge is 0.466 e.